The molecule has 10 heteroatoms. The number of halogens is 4. The molecule has 0 aromatic heterocycles. The van der Waals surface area contributed by atoms with Gasteiger partial charge in [-0.1, -0.05) is 81.4 Å². The van der Waals surface area contributed by atoms with Crippen LogP contribution in [-0.4, -0.2) is 25.4 Å². The number of benzene rings is 3. The van der Waals surface area contributed by atoms with E-state index in [4.69, 9.17) is 16.6 Å². The lowest BCUT2D eigenvalue weighted by Gasteiger charge is -2.44. The van der Waals surface area contributed by atoms with E-state index in [0.717, 1.165) is 16.4 Å². The van der Waals surface area contributed by atoms with Gasteiger partial charge in [0.2, 0.25) is 5.91 Å². The Kier molecular flexibility index (Phi) is 9.12. The fourth-order valence-corrected chi connectivity index (χ4v) is 9.39. The smallest absolute Gasteiger partial charge is 0.404 e. The van der Waals surface area contributed by atoms with Crippen LogP contribution in [0.5, 0.6) is 0 Å². The summed E-state index contributed by atoms with van der Waals surface area (Å²) in [6, 6.07) is 22.4. The van der Waals surface area contributed by atoms with Gasteiger partial charge in [0.05, 0.1) is 18.1 Å². The number of anilines is 1. The molecular formula is C28H30F4N2O2SSi. The number of hydrogen-bond acceptors (Lipinski definition) is 3. The predicted molar refractivity (Wildman–Crippen MR) is 149 cm³/mol. The van der Waals surface area contributed by atoms with Crippen molar-refractivity contribution in [3.63, 3.8) is 0 Å². The Bertz CT molecular complexity index is 1230. The third-order valence-corrected chi connectivity index (χ3v) is 11.4. The van der Waals surface area contributed by atoms with Crippen molar-refractivity contribution in [1.29, 1.82) is 0 Å². The molecule has 0 aliphatic rings. The van der Waals surface area contributed by atoms with E-state index in [2.05, 4.69) is 31.4 Å². The highest BCUT2D eigenvalue weighted by Crippen LogP contribution is 2.38. The highest BCUT2D eigenvalue weighted by atomic mass is 32.1. The molecule has 38 heavy (non-hydrogen) atoms. The maximum atomic E-state index is 13.6. The van der Waals surface area contributed by atoms with Gasteiger partial charge in [0, 0.05) is 5.69 Å². The summed E-state index contributed by atoms with van der Waals surface area (Å²) >= 11 is 5.11. The highest BCUT2D eigenvalue weighted by molar-refractivity contribution is 7.80. The molecule has 0 bridgehead atoms. The maximum Gasteiger partial charge on any atom is 0.419 e. The normalized spacial score (nSPS) is 13.1. The van der Waals surface area contributed by atoms with E-state index in [0.29, 0.717) is 12.1 Å². The van der Waals surface area contributed by atoms with Crippen molar-refractivity contribution in [2.75, 3.05) is 5.32 Å². The summed E-state index contributed by atoms with van der Waals surface area (Å²) in [5, 5.41) is 6.64. The predicted octanol–water partition coefficient (Wildman–Crippen LogP) is 6.01. The minimum Gasteiger partial charge on any atom is -0.404 e. The van der Waals surface area contributed by atoms with Gasteiger partial charge < -0.3 is 15.1 Å². The summed E-state index contributed by atoms with van der Waals surface area (Å²) < 4.78 is 59.4. The van der Waals surface area contributed by atoms with Gasteiger partial charge in [-0.25, -0.2) is 4.39 Å². The summed E-state index contributed by atoms with van der Waals surface area (Å²) in [5.41, 5.74) is -1.52. The Hall–Kier alpha value is -3.08. The quantitative estimate of drug-likeness (QED) is 0.210. The number of carbonyl (C=O) groups is 1. The van der Waals surface area contributed by atoms with Crippen LogP contribution in [-0.2, 0) is 15.4 Å². The van der Waals surface area contributed by atoms with Crippen LogP contribution in [0.2, 0.25) is 5.04 Å². The summed E-state index contributed by atoms with van der Waals surface area (Å²) in [6.07, 6.45) is -5.41. The summed E-state index contributed by atoms with van der Waals surface area (Å²) in [7, 11) is -2.88. The zero-order chi connectivity index (χ0) is 28.1. The highest BCUT2D eigenvalue weighted by Gasteiger charge is 2.51. The van der Waals surface area contributed by atoms with Crippen LogP contribution in [0.25, 0.3) is 0 Å². The second kappa shape index (κ2) is 11.8. The Balaban J connectivity index is 1.76. The number of thiocarbonyl (C=S) groups is 1. The van der Waals surface area contributed by atoms with Gasteiger partial charge in [-0.15, -0.1) is 0 Å². The first-order chi connectivity index (χ1) is 17.7. The first-order valence-electron chi connectivity index (χ1n) is 12.0. The number of nitrogens with one attached hydrogen (secondary N) is 2. The van der Waals surface area contributed by atoms with Crippen molar-refractivity contribution in [2.24, 2.45) is 0 Å². The zero-order valence-corrected chi connectivity index (χ0v) is 23.3. The fourth-order valence-electron chi connectivity index (χ4n) is 4.46. The minimum atomic E-state index is -4.86. The number of alkyl halides is 3. The van der Waals surface area contributed by atoms with Crippen LogP contribution in [0.3, 0.4) is 0 Å². The molecule has 0 spiro atoms. The molecular weight excluding hydrogens is 532 g/mol. The van der Waals surface area contributed by atoms with Crippen molar-refractivity contribution < 1.29 is 26.8 Å². The van der Waals surface area contributed by atoms with E-state index < -0.39 is 37.9 Å². The van der Waals surface area contributed by atoms with Crippen LogP contribution in [0.4, 0.5) is 23.2 Å². The molecule has 1 unspecified atom stereocenters. The molecule has 0 radical (unpaired) electrons. The molecule has 1 atom stereocenters. The van der Waals surface area contributed by atoms with Gasteiger partial charge in [0.25, 0.3) is 8.32 Å². The van der Waals surface area contributed by atoms with Gasteiger partial charge in [-0.3, -0.25) is 4.79 Å². The molecule has 1 amide bonds. The van der Waals surface area contributed by atoms with E-state index in [-0.39, 0.29) is 22.3 Å². The number of carbonyl (C=O) groups excluding carboxylic acids is 1. The van der Waals surface area contributed by atoms with Crippen molar-refractivity contribution in [3.05, 3.63) is 90.2 Å². The fraction of sp³-hybridized carbons (Fsp3) is 0.286. The average Bonchev–Trinajstić information content (AvgIpc) is 2.83. The van der Waals surface area contributed by atoms with Crippen LogP contribution < -0.4 is 21.0 Å². The second-order valence-electron chi connectivity index (χ2n) is 9.99. The molecule has 3 rings (SSSR count). The van der Waals surface area contributed by atoms with Gasteiger partial charge in [0.15, 0.2) is 5.11 Å². The van der Waals surface area contributed by atoms with E-state index in [1.807, 2.05) is 67.6 Å². The number of rotatable bonds is 7. The lowest BCUT2D eigenvalue weighted by Crippen LogP contribution is -2.67. The molecule has 0 aliphatic carbocycles. The molecule has 202 valence electrons. The third-order valence-electron chi connectivity index (χ3n) is 6.05. The van der Waals surface area contributed by atoms with Crippen molar-refractivity contribution in [1.82, 2.24) is 5.32 Å². The zero-order valence-electron chi connectivity index (χ0n) is 21.5. The van der Waals surface area contributed by atoms with E-state index in [1.54, 1.807) is 0 Å². The van der Waals surface area contributed by atoms with Crippen LogP contribution in [0.1, 0.15) is 39.7 Å². The molecule has 0 saturated carbocycles. The Morgan fingerprint density at radius 1 is 0.947 bits per heavy atom. The standard InChI is InChI=1S/C28H30F4N2O2SSi/c1-19(17-25(35)34-26(37)33-20-15-16-24(29)23(18-20)28(30,31)32)36-38(27(2,3)4,21-11-7-5-8-12-21)22-13-9-6-10-14-22/h5-16,18-19H,17H2,1-4H3,(H2,33,34,35,37). The number of hydrogen-bond donors (Lipinski definition) is 2. The second-order valence-corrected chi connectivity index (χ2v) is 14.7. The monoisotopic (exact) mass is 562 g/mol. The Morgan fingerprint density at radius 3 is 1.95 bits per heavy atom. The Labute approximate surface area is 226 Å². The molecule has 3 aromatic carbocycles. The van der Waals surface area contributed by atoms with E-state index in [9.17, 15) is 22.4 Å². The summed E-state index contributed by atoms with van der Waals surface area (Å²) in [4.78, 5) is 12.8. The van der Waals surface area contributed by atoms with Crippen molar-refractivity contribution in [3.8, 4) is 0 Å². The van der Waals surface area contributed by atoms with Gasteiger partial charge in [0.1, 0.15) is 5.82 Å². The first kappa shape index (κ1) is 29.5. The van der Waals surface area contributed by atoms with Crippen molar-refractivity contribution >= 4 is 47.6 Å². The SMILES string of the molecule is CC(CC(=O)NC(=S)Nc1ccc(F)c(C(F)(F)F)c1)O[Si](c1ccccc1)(c1ccccc1)C(C)(C)C. The van der Waals surface area contributed by atoms with Gasteiger partial charge >= 0.3 is 6.18 Å². The largest absolute Gasteiger partial charge is 0.419 e. The van der Waals surface area contributed by atoms with Crippen LogP contribution in [0.15, 0.2) is 78.9 Å². The molecule has 0 heterocycles. The maximum absolute atomic E-state index is 13.6. The Morgan fingerprint density at radius 2 is 1.47 bits per heavy atom. The summed E-state index contributed by atoms with van der Waals surface area (Å²) in [6.45, 7) is 8.19. The molecule has 4 nitrogen and oxygen atoms in total. The van der Waals surface area contributed by atoms with E-state index >= 15 is 0 Å². The lowest BCUT2D eigenvalue weighted by atomic mass is 10.2. The van der Waals surface area contributed by atoms with Crippen LogP contribution >= 0.6 is 12.2 Å². The van der Waals surface area contributed by atoms with E-state index in [1.165, 1.54) is 0 Å². The molecule has 3 aromatic rings. The average molecular weight is 563 g/mol. The first-order valence-corrected chi connectivity index (χ1v) is 14.3. The molecule has 0 aliphatic heterocycles. The number of amides is 1. The van der Waals surface area contributed by atoms with Gasteiger partial charge in [-0.05, 0) is 52.8 Å². The molecule has 2 N–H and O–H groups in total. The topological polar surface area (TPSA) is 50.4 Å². The minimum absolute atomic E-state index is 0.0382. The third kappa shape index (κ3) is 6.86. The van der Waals surface area contributed by atoms with Gasteiger partial charge in [-0.2, -0.15) is 13.2 Å². The van der Waals surface area contributed by atoms with Crippen LogP contribution in [0, 0.1) is 5.82 Å². The summed E-state index contributed by atoms with van der Waals surface area (Å²) in [5.74, 6) is -1.86. The lowest BCUT2D eigenvalue weighted by molar-refractivity contribution is -0.140. The molecule has 0 saturated heterocycles. The molecule has 0 fully saturated rings. The van der Waals surface area contributed by atoms with Crippen molar-refractivity contribution in [2.45, 2.75) is 51.4 Å².